The van der Waals surface area contributed by atoms with E-state index in [4.69, 9.17) is 5.11 Å². The van der Waals surface area contributed by atoms with Crippen molar-refractivity contribution in [3.05, 3.63) is 53.1 Å². The smallest absolute Gasteiger partial charge is 0.354 e. The van der Waals surface area contributed by atoms with Crippen molar-refractivity contribution in [3.8, 4) is 11.1 Å². The van der Waals surface area contributed by atoms with Crippen LogP contribution in [-0.4, -0.2) is 16.1 Å². The Balaban J connectivity index is 2.64. The highest BCUT2D eigenvalue weighted by Crippen LogP contribution is 2.26. The largest absolute Gasteiger partial charge is 0.477 e. The molecule has 2 aromatic rings. The molecule has 0 saturated heterocycles. The lowest BCUT2D eigenvalue weighted by Gasteiger charge is -2.10. The van der Waals surface area contributed by atoms with Crippen molar-refractivity contribution in [1.29, 1.82) is 0 Å². The van der Waals surface area contributed by atoms with Gasteiger partial charge in [0, 0.05) is 5.69 Å². The average molecular weight is 245 g/mol. The minimum atomic E-state index is -1.06. The maximum Gasteiger partial charge on any atom is 0.354 e. The summed E-state index contributed by atoms with van der Waals surface area (Å²) in [5, 5.41) is 9.08. The number of carboxylic acids is 1. The molecule has 0 radical (unpaired) electrons. The zero-order valence-electron chi connectivity index (χ0n) is 10.1. The molecule has 0 spiro atoms. The highest BCUT2D eigenvalue weighted by atomic mass is 19.1. The van der Waals surface area contributed by atoms with Crippen molar-refractivity contribution < 1.29 is 14.3 Å². The molecule has 0 atom stereocenters. The van der Waals surface area contributed by atoms with Gasteiger partial charge in [0.1, 0.15) is 5.82 Å². The number of aromatic nitrogens is 1. The van der Waals surface area contributed by atoms with Gasteiger partial charge >= 0.3 is 5.97 Å². The molecule has 0 bridgehead atoms. The number of aromatic carboxylic acids is 1. The van der Waals surface area contributed by atoms with E-state index in [0.717, 1.165) is 11.1 Å². The van der Waals surface area contributed by atoms with Crippen LogP contribution in [0.2, 0.25) is 0 Å². The first-order chi connectivity index (χ1) is 8.49. The van der Waals surface area contributed by atoms with Gasteiger partial charge in [-0.1, -0.05) is 12.1 Å². The van der Waals surface area contributed by atoms with Crippen LogP contribution in [0.1, 0.15) is 21.7 Å². The van der Waals surface area contributed by atoms with Gasteiger partial charge in [0.25, 0.3) is 0 Å². The highest BCUT2D eigenvalue weighted by molar-refractivity contribution is 5.90. The molecular weight excluding hydrogens is 233 g/mol. The van der Waals surface area contributed by atoms with Gasteiger partial charge in [-0.3, -0.25) is 0 Å². The monoisotopic (exact) mass is 245 g/mol. The summed E-state index contributed by atoms with van der Waals surface area (Å²) in [6, 6.07) is 7.76. The van der Waals surface area contributed by atoms with Crippen molar-refractivity contribution in [2.75, 3.05) is 0 Å². The van der Waals surface area contributed by atoms with E-state index >= 15 is 0 Å². The molecule has 18 heavy (non-hydrogen) atoms. The van der Waals surface area contributed by atoms with Crippen molar-refractivity contribution in [2.45, 2.75) is 13.8 Å². The zero-order valence-corrected chi connectivity index (χ0v) is 10.1. The highest BCUT2D eigenvalue weighted by Gasteiger charge is 2.14. The number of carboxylic acid groups (broad SMARTS) is 1. The van der Waals surface area contributed by atoms with Gasteiger partial charge in [-0.25, -0.2) is 14.2 Å². The minimum absolute atomic E-state index is 0.0364. The number of hydrogen-bond donors (Lipinski definition) is 1. The third-order valence-electron chi connectivity index (χ3n) is 2.76. The Bertz CT molecular complexity index is 606. The van der Waals surface area contributed by atoms with Crippen LogP contribution in [-0.2, 0) is 0 Å². The Labute approximate surface area is 104 Å². The summed E-state index contributed by atoms with van der Waals surface area (Å²) >= 11 is 0. The zero-order chi connectivity index (χ0) is 13.3. The molecular formula is C14H12FNO2. The summed E-state index contributed by atoms with van der Waals surface area (Å²) in [5.74, 6) is -1.37. The second-order valence-electron chi connectivity index (χ2n) is 4.10. The predicted octanol–water partition coefficient (Wildman–Crippen LogP) is 3.20. The van der Waals surface area contributed by atoms with E-state index in [-0.39, 0.29) is 11.5 Å². The Morgan fingerprint density at radius 2 is 1.83 bits per heavy atom. The van der Waals surface area contributed by atoms with E-state index in [1.165, 1.54) is 12.1 Å². The average Bonchev–Trinajstić information content (AvgIpc) is 2.32. The van der Waals surface area contributed by atoms with Crippen LogP contribution >= 0.6 is 0 Å². The van der Waals surface area contributed by atoms with Crippen molar-refractivity contribution >= 4 is 5.97 Å². The lowest BCUT2D eigenvalue weighted by molar-refractivity contribution is 0.0689. The topological polar surface area (TPSA) is 50.2 Å². The van der Waals surface area contributed by atoms with Crippen LogP contribution in [0, 0.1) is 19.7 Å². The summed E-state index contributed by atoms with van der Waals surface area (Å²) in [6.07, 6.45) is 0. The first-order valence-electron chi connectivity index (χ1n) is 5.46. The molecule has 0 saturated carbocycles. The molecule has 0 fully saturated rings. The lowest BCUT2D eigenvalue weighted by Crippen LogP contribution is -2.06. The van der Waals surface area contributed by atoms with Gasteiger partial charge in [-0.15, -0.1) is 0 Å². The predicted molar refractivity (Wildman–Crippen MR) is 66.1 cm³/mol. The van der Waals surface area contributed by atoms with Crippen LogP contribution in [0.25, 0.3) is 11.1 Å². The van der Waals surface area contributed by atoms with E-state index in [9.17, 15) is 9.18 Å². The van der Waals surface area contributed by atoms with Crippen LogP contribution < -0.4 is 0 Å². The third kappa shape index (κ3) is 2.22. The standard InChI is InChI=1S/C14H12FNO2/c1-8-7-12(9(2)13(16-8)14(17)18)10-3-5-11(15)6-4-10/h3-7H,1-2H3,(H,17,18). The lowest BCUT2D eigenvalue weighted by atomic mass is 9.99. The van der Waals surface area contributed by atoms with E-state index in [1.807, 2.05) is 0 Å². The summed E-state index contributed by atoms with van der Waals surface area (Å²) in [5.41, 5.74) is 2.79. The molecule has 1 N–H and O–H groups in total. The van der Waals surface area contributed by atoms with E-state index in [1.54, 1.807) is 32.0 Å². The van der Waals surface area contributed by atoms with E-state index in [2.05, 4.69) is 4.98 Å². The molecule has 0 aliphatic rings. The van der Waals surface area contributed by atoms with Gasteiger partial charge in [-0.2, -0.15) is 0 Å². The number of rotatable bonds is 2. The number of carbonyl (C=O) groups is 1. The molecule has 4 heteroatoms. The van der Waals surface area contributed by atoms with Crippen molar-refractivity contribution in [2.24, 2.45) is 0 Å². The SMILES string of the molecule is Cc1cc(-c2ccc(F)cc2)c(C)c(C(=O)O)n1. The number of nitrogens with zero attached hydrogens (tertiary/aromatic N) is 1. The fourth-order valence-corrected chi connectivity index (χ4v) is 1.87. The maximum absolute atomic E-state index is 12.9. The molecule has 1 aromatic carbocycles. The molecule has 0 amide bonds. The van der Waals surface area contributed by atoms with Crippen LogP contribution in [0.15, 0.2) is 30.3 Å². The second kappa shape index (κ2) is 4.56. The van der Waals surface area contributed by atoms with E-state index < -0.39 is 5.97 Å². The number of pyridine rings is 1. The number of halogens is 1. The fraction of sp³-hybridized carbons (Fsp3) is 0.143. The second-order valence-corrected chi connectivity index (χ2v) is 4.10. The van der Waals surface area contributed by atoms with E-state index in [0.29, 0.717) is 11.3 Å². The van der Waals surface area contributed by atoms with Crippen LogP contribution in [0.3, 0.4) is 0 Å². The molecule has 0 aliphatic carbocycles. The quantitative estimate of drug-likeness (QED) is 0.883. The first kappa shape index (κ1) is 12.2. The van der Waals surface area contributed by atoms with Gasteiger partial charge in [0.05, 0.1) is 0 Å². The molecule has 2 rings (SSSR count). The summed E-state index contributed by atoms with van der Waals surface area (Å²) in [6.45, 7) is 3.44. The fourth-order valence-electron chi connectivity index (χ4n) is 1.87. The number of hydrogen-bond acceptors (Lipinski definition) is 2. The van der Waals surface area contributed by atoms with Gasteiger partial charge < -0.3 is 5.11 Å². The molecule has 1 aromatic heterocycles. The van der Waals surface area contributed by atoms with Gasteiger partial charge in [-0.05, 0) is 48.7 Å². The van der Waals surface area contributed by atoms with Crippen molar-refractivity contribution in [3.63, 3.8) is 0 Å². The first-order valence-corrected chi connectivity index (χ1v) is 5.46. The van der Waals surface area contributed by atoms with Crippen molar-refractivity contribution in [1.82, 2.24) is 4.98 Å². The normalized spacial score (nSPS) is 10.4. The molecule has 1 heterocycles. The Hall–Kier alpha value is -2.23. The molecule has 0 unspecified atom stereocenters. The Kier molecular flexibility index (Phi) is 3.10. The minimum Gasteiger partial charge on any atom is -0.477 e. The summed E-state index contributed by atoms with van der Waals surface area (Å²) in [7, 11) is 0. The third-order valence-corrected chi connectivity index (χ3v) is 2.76. The molecule has 0 aliphatic heterocycles. The summed E-state index contributed by atoms with van der Waals surface area (Å²) in [4.78, 5) is 15.1. The van der Waals surface area contributed by atoms with Gasteiger partial charge in [0.15, 0.2) is 5.69 Å². The van der Waals surface area contributed by atoms with Crippen LogP contribution in [0.4, 0.5) is 4.39 Å². The number of benzene rings is 1. The maximum atomic E-state index is 12.9. The van der Waals surface area contributed by atoms with Gasteiger partial charge in [0.2, 0.25) is 0 Å². The Morgan fingerprint density at radius 3 is 2.39 bits per heavy atom. The molecule has 92 valence electrons. The Morgan fingerprint density at radius 1 is 1.22 bits per heavy atom. The number of aryl methyl sites for hydroxylation is 1. The van der Waals surface area contributed by atoms with Crippen LogP contribution in [0.5, 0.6) is 0 Å². The summed E-state index contributed by atoms with van der Waals surface area (Å²) < 4.78 is 12.9. The molecule has 3 nitrogen and oxygen atoms in total.